The van der Waals surface area contributed by atoms with E-state index in [1.165, 1.54) is 0 Å². The summed E-state index contributed by atoms with van der Waals surface area (Å²) in [6.45, 7) is 1.22. The molecule has 26 heavy (non-hydrogen) atoms. The van der Waals surface area contributed by atoms with Gasteiger partial charge in [-0.3, -0.25) is 0 Å². The third kappa shape index (κ3) is 5.54. The summed E-state index contributed by atoms with van der Waals surface area (Å²) >= 11 is 6.19. The molecule has 0 aliphatic heterocycles. The first-order valence-electron chi connectivity index (χ1n) is 8.10. The minimum Gasteiger partial charge on any atom is -0.497 e. The SMILES string of the molecule is COCCOc1c(Cl)cccc1NC(=O)N(C)Cc1ccc(OC)cc1. The normalized spacial score (nSPS) is 10.3. The minimum atomic E-state index is -0.264. The van der Waals surface area contributed by atoms with Crippen molar-refractivity contribution in [2.45, 2.75) is 6.54 Å². The van der Waals surface area contributed by atoms with Crippen molar-refractivity contribution in [2.24, 2.45) is 0 Å². The second kappa shape index (κ2) is 9.89. The van der Waals surface area contributed by atoms with Crippen LogP contribution in [0.4, 0.5) is 10.5 Å². The molecule has 1 N–H and O–H groups in total. The first-order chi connectivity index (χ1) is 12.5. The zero-order valence-electron chi connectivity index (χ0n) is 15.1. The Morgan fingerprint density at radius 1 is 1.12 bits per heavy atom. The number of benzene rings is 2. The van der Waals surface area contributed by atoms with Crippen LogP contribution in [0.2, 0.25) is 5.02 Å². The molecule has 7 heteroatoms. The van der Waals surface area contributed by atoms with Crippen LogP contribution in [0.25, 0.3) is 0 Å². The number of nitrogens with zero attached hydrogens (tertiary/aromatic N) is 1. The molecule has 0 saturated heterocycles. The Kier molecular flexibility index (Phi) is 7.56. The fourth-order valence-electron chi connectivity index (χ4n) is 2.27. The molecule has 140 valence electrons. The molecule has 2 amide bonds. The van der Waals surface area contributed by atoms with Gasteiger partial charge in [-0.05, 0) is 29.8 Å². The molecule has 0 fully saturated rings. The fraction of sp³-hybridized carbons (Fsp3) is 0.316. The number of hydrogen-bond acceptors (Lipinski definition) is 4. The fourth-order valence-corrected chi connectivity index (χ4v) is 2.50. The highest BCUT2D eigenvalue weighted by Gasteiger charge is 2.14. The van der Waals surface area contributed by atoms with Crippen molar-refractivity contribution in [3.8, 4) is 11.5 Å². The van der Waals surface area contributed by atoms with Crippen molar-refractivity contribution in [1.29, 1.82) is 0 Å². The van der Waals surface area contributed by atoms with Gasteiger partial charge in [0.1, 0.15) is 12.4 Å². The molecule has 2 rings (SSSR count). The Bertz CT molecular complexity index is 722. The van der Waals surface area contributed by atoms with E-state index in [1.807, 2.05) is 24.3 Å². The van der Waals surface area contributed by atoms with Gasteiger partial charge in [-0.1, -0.05) is 29.8 Å². The molecule has 0 saturated carbocycles. The van der Waals surface area contributed by atoms with Crippen molar-refractivity contribution in [1.82, 2.24) is 4.90 Å². The molecule has 0 spiro atoms. The highest BCUT2D eigenvalue weighted by Crippen LogP contribution is 2.33. The number of urea groups is 1. The Hall–Kier alpha value is -2.44. The molecule has 2 aromatic carbocycles. The number of methoxy groups -OCH3 is 2. The quantitative estimate of drug-likeness (QED) is 0.704. The lowest BCUT2D eigenvalue weighted by Crippen LogP contribution is -2.31. The summed E-state index contributed by atoms with van der Waals surface area (Å²) in [6.07, 6.45) is 0. The lowest BCUT2D eigenvalue weighted by atomic mass is 10.2. The highest BCUT2D eigenvalue weighted by molar-refractivity contribution is 6.32. The smallest absolute Gasteiger partial charge is 0.321 e. The number of amides is 2. The van der Waals surface area contributed by atoms with E-state index in [4.69, 9.17) is 25.8 Å². The maximum Gasteiger partial charge on any atom is 0.321 e. The number of rotatable bonds is 8. The van der Waals surface area contributed by atoms with Crippen LogP contribution in [0.3, 0.4) is 0 Å². The Morgan fingerprint density at radius 3 is 2.50 bits per heavy atom. The van der Waals surface area contributed by atoms with Gasteiger partial charge in [0.25, 0.3) is 0 Å². The third-order valence-electron chi connectivity index (χ3n) is 3.67. The monoisotopic (exact) mass is 378 g/mol. The van der Waals surface area contributed by atoms with Gasteiger partial charge in [0, 0.05) is 20.7 Å². The summed E-state index contributed by atoms with van der Waals surface area (Å²) in [5.74, 6) is 1.20. The lowest BCUT2D eigenvalue weighted by Gasteiger charge is -2.20. The maximum atomic E-state index is 12.5. The molecule has 6 nitrogen and oxygen atoms in total. The maximum absolute atomic E-state index is 12.5. The first-order valence-corrected chi connectivity index (χ1v) is 8.48. The van der Waals surface area contributed by atoms with E-state index in [9.17, 15) is 4.79 Å². The van der Waals surface area contributed by atoms with E-state index in [1.54, 1.807) is 44.4 Å². The Labute approximate surface area is 158 Å². The van der Waals surface area contributed by atoms with Gasteiger partial charge in [0.05, 0.1) is 24.4 Å². The second-order valence-electron chi connectivity index (χ2n) is 5.59. The molecule has 0 unspecified atom stereocenters. The summed E-state index contributed by atoms with van der Waals surface area (Å²) in [7, 11) is 4.92. The van der Waals surface area contributed by atoms with E-state index in [0.717, 1.165) is 11.3 Å². The number of hydrogen-bond donors (Lipinski definition) is 1. The standard InChI is InChI=1S/C19H23ClN2O4/c1-22(13-14-7-9-15(25-3)10-8-14)19(23)21-17-6-4-5-16(20)18(17)26-12-11-24-2/h4-10H,11-13H2,1-3H3,(H,21,23). The number of para-hydroxylation sites is 1. The molecule has 0 aliphatic rings. The summed E-state index contributed by atoms with van der Waals surface area (Å²) in [5.41, 5.74) is 1.51. The van der Waals surface area contributed by atoms with E-state index in [2.05, 4.69) is 5.32 Å². The molecule has 0 radical (unpaired) electrons. The van der Waals surface area contributed by atoms with E-state index in [0.29, 0.717) is 36.2 Å². The van der Waals surface area contributed by atoms with E-state index in [-0.39, 0.29) is 6.03 Å². The number of carbonyl (C=O) groups is 1. The Morgan fingerprint density at radius 2 is 1.85 bits per heavy atom. The first kappa shape index (κ1) is 19.9. The minimum absolute atomic E-state index is 0.264. The van der Waals surface area contributed by atoms with Gasteiger partial charge < -0.3 is 24.4 Å². The summed E-state index contributed by atoms with van der Waals surface area (Å²) < 4.78 is 15.7. The highest BCUT2D eigenvalue weighted by atomic mass is 35.5. The summed E-state index contributed by atoms with van der Waals surface area (Å²) in [4.78, 5) is 14.1. The third-order valence-corrected chi connectivity index (χ3v) is 3.97. The van der Waals surface area contributed by atoms with Crippen molar-refractivity contribution >= 4 is 23.3 Å². The van der Waals surface area contributed by atoms with Crippen LogP contribution < -0.4 is 14.8 Å². The molecule has 0 atom stereocenters. The van der Waals surface area contributed by atoms with Gasteiger partial charge in [0.15, 0.2) is 5.75 Å². The topological polar surface area (TPSA) is 60.0 Å². The number of anilines is 1. The van der Waals surface area contributed by atoms with Crippen LogP contribution in [-0.2, 0) is 11.3 Å². The number of nitrogens with one attached hydrogen (secondary N) is 1. The average Bonchev–Trinajstić information content (AvgIpc) is 2.64. The molecule has 0 aliphatic carbocycles. The van der Waals surface area contributed by atoms with Crippen LogP contribution >= 0.6 is 11.6 Å². The molecule has 0 aromatic heterocycles. The summed E-state index contributed by atoms with van der Waals surface area (Å²) in [6, 6.07) is 12.5. The van der Waals surface area contributed by atoms with Crippen LogP contribution in [0.1, 0.15) is 5.56 Å². The van der Waals surface area contributed by atoms with Crippen LogP contribution in [0.15, 0.2) is 42.5 Å². The van der Waals surface area contributed by atoms with Gasteiger partial charge in [0.2, 0.25) is 0 Å². The number of carbonyl (C=O) groups excluding carboxylic acids is 1. The predicted molar refractivity (Wildman–Crippen MR) is 102 cm³/mol. The van der Waals surface area contributed by atoms with Gasteiger partial charge in [-0.15, -0.1) is 0 Å². The molecule has 2 aromatic rings. The van der Waals surface area contributed by atoms with Crippen LogP contribution in [0.5, 0.6) is 11.5 Å². The Balaban J connectivity index is 2.02. The van der Waals surface area contributed by atoms with Crippen molar-refractivity contribution in [3.63, 3.8) is 0 Å². The van der Waals surface area contributed by atoms with Gasteiger partial charge in [-0.2, -0.15) is 0 Å². The molecular formula is C19H23ClN2O4. The zero-order valence-corrected chi connectivity index (χ0v) is 15.9. The largest absolute Gasteiger partial charge is 0.497 e. The van der Waals surface area contributed by atoms with E-state index >= 15 is 0 Å². The zero-order chi connectivity index (χ0) is 18.9. The van der Waals surface area contributed by atoms with Crippen molar-refractivity contribution in [2.75, 3.05) is 39.8 Å². The summed E-state index contributed by atoms with van der Waals surface area (Å²) in [5, 5.41) is 3.26. The van der Waals surface area contributed by atoms with Crippen molar-refractivity contribution < 1.29 is 19.0 Å². The van der Waals surface area contributed by atoms with Gasteiger partial charge >= 0.3 is 6.03 Å². The number of halogens is 1. The predicted octanol–water partition coefficient (Wildman–Crippen LogP) is 4.04. The molecule has 0 heterocycles. The van der Waals surface area contributed by atoms with E-state index < -0.39 is 0 Å². The van der Waals surface area contributed by atoms with Gasteiger partial charge in [-0.25, -0.2) is 4.79 Å². The second-order valence-corrected chi connectivity index (χ2v) is 6.00. The molecule has 0 bridgehead atoms. The average molecular weight is 379 g/mol. The molecular weight excluding hydrogens is 356 g/mol. The van der Waals surface area contributed by atoms with Crippen molar-refractivity contribution in [3.05, 3.63) is 53.1 Å². The van der Waals surface area contributed by atoms with Crippen LogP contribution in [0, 0.1) is 0 Å². The van der Waals surface area contributed by atoms with Crippen LogP contribution in [-0.4, -0.2) is 45.4 Å². The number of ether oxygens (including phenoxy) is 3. The lowest BCUT2D eigenvalue weighted by molar-refractivity contribution is 0.146.